The van der Waals surface area contributed by atoms with Gasteiger partial charge >= 0.3 is 0 Å². The molecular weight excluding hydrogens is 300 g/mol. The molecule has 2 heteroatoms. The first kappa shape index (κ1) is 13.1. The van der Waals surface area contributed by atoms with Crippen molar-refractivity contribution in [3.63, 3.8) is 0 Å². The lowest BCUT2D eigenvalue weighted by molar-refractivity contribution is 0.0663. The van der Waals surface area contributed by atoms with E-state index in [1.165, 1.54) is 21.9 Å². The number of benzene rings is 2. The summed E-state index contributed by atoms with van der Waals surface area (Å²) in [4.78, 5) is 0.432. The van der Waals surface area contributed by atoms with Gasteiger partial charge in [-0.05, 0) is 47.6 Å². The van der Waals surface area contributed by atoms with Crippen molar-refractivity contribution < 1.29 is 4.74 Å². The molecule has 1 aliphatic heterocycles. The molecule has 1 nitrogen and oxygen atoms in total. The highest BCUT2D eigenvalue weighted by molar-refractivity contribution is 9.09. The van der Waals surface area contributed by atoms with Crippen LogP contribution in [0.4, 0.5) is 0 Å². The fraction of sp³-hybridized carbons (Fsp3) is 0.412. The number of aryl methyl sites for hydroxylation is 1. The Labute approximate surface area is 123 Å². The number of hydrogen-bond acceptors (Lipinski definition) is 1. The number of hydrogen-bond donors (Lipinski definition) is 0. The van der Waals surface area contributed by atoms with Crippen LogP contribution in [-0.2, 0) is 4.74 Å². The summed E-state index contributed by atoms with van der Waals surface area (Å²) in [6, 6.07) is 13.2. The van der Waals surface area contributed by atoms with Gasteiger partial charge in [-0.3, -0.25) is 0 Å². The molecule has 1 fully saturated rings. The summed E-state index contributed by atoms with van der Waals surface area (Å²) in [5.41, 5.74) is 2.78. The lowest BCUT2D eigenvalue weighted by Gasteiger charge is -2.27. The average molecular weight is 319 g/mol. The number of rotatable bonds is 2. The Balaban J connectivity index is 2.02. The molecule has 2 aromatic rings. The topological polar surface area (TPSA) is 9.23 Å². The number of alkyl halides is 1. The lowest BCUT2D eigenvalue weighted by atomic mass is 9.89. The van der Waals surface area contributed by atoms with Crippen molar-refractivity contribution in [2.45, 2.75) is 24.6 Å². The lowest BCUT2D eigenvalue weighted by Crippen LogP contribution is -2.19. The second-order valence-electron chi connectivity index (χ2n) is 5.37. The van der Waals surface area contributed by atoms with E-state index in [9.17, 15) is 0 Å². The second kappa shape index (κ2) is 5.64. The van der Waals surface area contributed by atoms with Crippen molar-refractivity contribution in [3.8, 4) is 0 Å². The first-order chi connectivity index (χ1) is 9.27. The van der Waals surface area contributed by atoms with Crippen molar-refractivity contribution in [1.29, 1.82) is 0 Å². The summed E-state index contributed by atoms with van der Waals surface area (Å²) >= 11 is 3.94. The Morgan fingerprint density at radius 1 is 1.05 bits per heavy atom. The van der Waals surface area contributed by atoms with E-state index in [0.717, 1.165) is 26.1 Å². The maximum absolute atomic E-state index is 5.47. The fourth-order valence-corrected chi connectivity index (χ4v) is 3.90. The standard InChI is InChI=1S/C17H19BrO/c1-12-6-7-16(15-5-3-2-4-14(12)15)17(18)13-8-10-19-11-9-13/h2-7,13,17H,8-11H2,1H3. The van der Waals surface area contributed by atoms with Crippen LogP contribution in [0, 0.1) is 12.8 Å². The van der Waals surface area contributed by atoms with Gasteiger partial charge in [0, 0.05) is 18.0 Å². The van der Waals surface area contributed by atoms with E-state index in [1.54, 1.807) is 0 Å². The molecule has 100 valence electrons. The molecule has 0 N–H and O–H groups in total. The molecular formula is C17H19BrO. The van der Waals surface area contributed by atoms with E-state index in [-0.39, 0.29) is 0 Å². The van der Waals surface area contributed by atoms with Crippen LogP contribution in [0.5, 0.6) is 0 Å². The van der Waals surface area contributed by atoms with Crippen LogP contribution in [0.2, 0.25) is 0 Å². The van der Waals surface area contributed by atoms with Gasteiger partial charge in [0.25, 0.3) is 0 Å². The van der Waals surface area contributed by atoms with Gasteiger partial charge in [-0.15, -0.1) is 0 Å². The first-order valence-electron chi connectivity index (χ1n) is 6.97. The van der Waals surface area contributed by atoms with Crippen LogP contribution >= 0.6 is 15.9 Å². The van der Waals surface area contributed by atoms with Crippen LogP contribution in [0.3, 0.4) is 0 Å². The molecule has 0 bridgehead atoms. The minimum absolute atomic E-state index is 0.432. The van der Waals surface area contributed by atoms with Gasteiger partial charge in [0.1, 0.15) is 0 Å². The Morgan fingerprint density at radius 2 is 1.74 bits per heavy atom. The highest BCUT2D eigenvalue weighted by atomic mass is 79.9. The molecule has 0 aromatic heterocycles. The molecule has 1 saturated heterocycles. The molecule has 0 amide bonds. The zero-order valence-corrected chi connectivity index (χ0v) is 12.8. The Hall–Kier alpha value is -0.860. The van der Waals surface area contributed by atoms with Crippen LogP contribution in [0.1, 0.15) is 28.8 Å². The maximum Gasteiger partial charge on any atom is 0.0469 e. The highest BCUT2D eigenvalue weighted by Gasteiger charge is 2.24. The fourth-order valence-electron chi connectivity index (χ4n) is 2.98. The van der Waals surface area contributed by atoms with Crippen LogP contribution in [0.15, 0.2) is 36.4 Å². The monoisotopic (exact) mass is 318 g/mol. The predicted octanol–water partition coefficient (Wildman–Crippen LogP) is 5.01. The second-order valence-corrected chi connectivity index (χ2v) is 6.36. The smallest absolute Gasteiger partial charge is 0.0469 e. The Bertz CT molecular complexity index is 572. The molecule has 2 aromatic carbocycles. The van der Waals surface area contributed by atoms with Crippen molar-refractivity contribution in [2.75, 3.05) is 13.2 Å². The molecule has 1 heterocycles. The third-order valence-corrected chi connectivity index (χ3v) is 5.39. The van der Waals surface area contributed by atoms with Crippen LogP contribution < -0.4 is 0 Å². The quantitative estimate of drug-likeness (QED) is 0.707. The summed E-state index contributed by atoms with van der Waals surface area (Å²) < 4.78 is 5.47. The van der Waals surface area contributed by atoms with Crippen molar-refractivity contribution in [2.24, 2.45) is 5.92 Å². The molecule has 19 heavy (non-hydrogen) atoms. The summed E-state index contributed by atoms with van der Waals surface area (Å²) in [6.07, 6.45) is 2.30. The number of ether oxygens (including phenoxy) is 1. The predicted molar refractivity (Wildman–Crippen MR) is 83.9 cm³/mol. The van der Waals surface area contributed by atoms with E-state index >= 15 is 0 Å². The summed E-state index contributed by atoms with van der Waals surface area (Å²) in [5, 5.41) is 2.76. The van der Waals surface area contributed by atoms with E-state index in [4.69, 9.17) is 4.74 Å². The molecule has 0 saturated carbocycles. The average Bonchev–Trinajstić information content (AvgIpc) is 2.48. The van der Waals surface area contributed by atoms with E-state index in [2.05, 4.69) is 59.3 Å². The molecule has 1 unspecified atom stereocenters. The van der Waals surface area contributed by atoms with Crippen molar-refractivity contribution in [3.05, 3.63) is 47.5 Å². The minimum Gasteiger partial charge on any atom is -0.381 e. The summed E-state index contributed by atoms with van der Waals surface area (Å²) in [5.74, 6) is 0.680. The van der Waals surface area contributed by atoms with Gasteiger partial charge in [0.05, 0.1) is 0 Å². The number of halogens is 1. The van der Waals surface area contributed by atoms with Gasteiger partial charge in [-0.25, -0.2) is 0 Å². The normalized spacial score (nSPS) is 18.6. The molecule has 0 radical (unpaired) electrons. The zero-order chi connectivity index (χ0) is 13.2. The van der Waals surface area contributed by atoms with E-state index < -0.39 is 0 Å². The highest BCUT2D eigenvalue weighted by Crippen LogP contribution is 2.40. The molecule has 3 rings (SSSR count). The van der Waals surface area contributed by atoms with Crippen molar-refractivity contribution in [1.82, 2.24) is 0 Å². The molecule has 0 spiro atoms. The first-order valence-corrected chi connectivity index (χ1v) is 7.89. The molecule has 0 aliphatic carbocycles. The third-order valence-electron chi connectivity index (χ3n) is 4.15. The maximum atomic E-state index is 5.47. The largest absolute Gasteiger partial charge is 0.381 e. The minimum atomic E-state index is 0.432. The SMILES string of the molecule is Cc1ccc(C(Br)C2CCOCC2)c2ccccc12. The summed E-state index contributed by atoms with van der Waals surface area (Å²) in [6.45, 7) is 3.98. The van der Waals surface area contributed by atoms with E-state index in [0.29, 0.717) is 10.7 Å². The van der Waals surface area contributed by atoms with Gasteiger partial charge in [0.15, 0.2) is 0 Å². The van der Waals surface area contributed by atoms with Gasteiger partial charge in [-0.1, -0.05) is 52.3 Å². The van der Waals surface area contributed by atoms with Gasteiger partial charge in [-0.2, -0.15) is 0 Å². The van der Waals surface area contributed by atoms with Crippen LogP contribution in [-0.4, -0.2) is 13.2 Å². The van der Waals surface area contributed by atoms with E-state index in [1.807, 2.05) is 0 Å². The third kappa shape index (κ3) is 2.56. The zero-order valence-electron chi connectivity index (χ0n) is 11.2. The van der Waals surface area contributed by atoms with Crippen LogP contribution in [0.25, 0.3) is 10.8 Å². The molecule has 1 atom stereocenters. The number of fused-ring (bicyclic) bond motifs is 1. The van der Waals surface area contributed by atoms with Gasteiger partial charge in [0.2, 0.25) is 0 Å². The Morgan fingerprint density at radius 3 is 2.47 bits per heavy atom. The molecule has 1 aliphatic rings. The van der Waals surface area contributed by atoms with Gasteiger partial charge < -0.3 is 4.74 Å². The van der Waals surface area contributed by atoms with Crippen molar-refractivity contribution >= 4 is 26.7 Å². The Kier molecular flexibility index (Phi) is 3.90. The summed E-state index contributed by atoms with van der Waals surface area (Å²) in [7, 11) is 0.